The van der Waals surface area contributed by atoms with Crippen molar-refractivity contribution < 1.29 is 27.7 Å². The highest BCUT2D eigenvalue weighted by atomic mass is 35.5. The van der Waals surface area contributed by atoms with Gasteiger partial charge in [0.05, 0.1) is 10.9 Å². The minimum Gasteiger partial charge on any atom is -1.00 e. The third kappa shape index (κ3) is 4.34. The highest BCUT2D eigenvalue weighted by Gasteiger charge is 2.32. The normalized spacial score (nSPS) is 10.9. The van der Waals surface area contributed by atoms with Crippen molar-refractivity contribution in [1.29, 1.82) is 0 Å². The molecule has 3 nitrogen and oxygen atoms in total. The Morgan fingerprint density at radius 1 is 0.448 bits per heavy atom. The van der Waals surface area contributed by atoms with Gasteiger partial charge in [-0.3, -0.25) is 0 Å². The van der Waals surface area contributed by atoms with Gasteiger partial charge in [-0.1, -0.05) is 0 Å². The molecule has 0 amide bonds. The van der Waals surface area contributed by atoms with Gasteiger partial charge in [-0.05, 0) is 74.9 Å². The zero-order valence-corrected chi connectivity index (χ0v) is 19.2. The summed E-state index contributed by atoms with van der Waals surface area (Å²) in [5.74, 6) is 0.968. The van der Waals surface area contributed by atoms with Crippen LogP contribution in [0.2, 0.25) is 0 Å². The number of benzene rings is 3. The number of hydrogen-bond donors (Lipinski definition) is 3. The summed E-state index contributed by atoms with van der Waals surface area (Å²) in [7, 11) is -0.434. The first-order valence-electron chi connectivity index (χ1n) is 9.25. The summed E-state index contributed by atoms with van der Waals surface area (Å²) < 4.78 is 0. The van der Waals surface area contributed by atoms with Gasteiger partial charge in [-0.2, -0.15) is 0 Å². The number of rotatable bonds is 3. The second-order valence-corrected chi connectivity index (χ2v) is 9.55. The van der Waals surface area contributed by atoms with Crippen molar-refractivity contribution in [2.45, 2.75) is 56.2 Å². The highest BCUT2D eigenvalue weighted by Crippen LogP contribution is 2.39. The predicted octanol–water partition coefficient (Wildman–Crippen LogP) is 2.75. The number of hydrogen-bond acceptors (Lipinski definition) is 3. The molecule has 3 aromatic carbocycles. The van der Waals surface area contributed by atoms with Gasteiger partial charge < -0.3 is 27.7 Å². The van der Waals surface area contributed by atoms with Gasteiger partial charge in [-0.25, -0.2) is 0 Å². The third-order valence-electron chi connectivity index (χ3n) is 5.10. The molecule has 0 spiro atoms. The van der Waals surface area contributed by atoms with Crippen LogP contribution in [0.5, 0.6) is 17.2 Å². The predicted molar refractivity (Wildman–Crippen MR) is 115 cm³/mol. The Kier molecular flexibility index (Phi) is 6.82. The van der Waals surface area contributed by atoms with Gasteiger partial charge >= 0.3 is 0 Å². The van der Waals surface area contributed by atoms with E-state index in [0.717, 1.165) is 48.1 Å². The summed E-state index contributed by atoms with van der Waals surface area (Å²) in [5.41, 5.74) is 5.04. The van der Waals surface area contributed by atoms with E-state index in [1.165, 1.54) is 0 Å². The summed E-state index contributed by atoms with van der Waals surface area (Å²) in [4.78, 5) is 3.30. The second-order valence-electron chi connectivity index (χ2n) is 7.52. The molecule has 3 N–H and O–H groups in total. The third-order valence-corrected chi connectivity index (χ3v) is 7.22. The van der Waals surface area contributed by atoms with E-state index in [4.69, 9.17) is 0 Å². The summed E-state index contributed by atoms with van der Waals surface area (Å²) >= 11 is 0. The first-order chi connectivity index (χ1) is 13.1. The van der Waals surface area contributed by atoms with E-state index in [1.54, 1.807) is 0 Å². The van der Waals surface area contributed by atoms with Crippen LogP contribution in [0.3, 0.4) is 0 Å². The van der Waals surface area contributed by atoms with Gasteiger partial charge in [0.1, 0.15) is 17.2 Å². The van der Waals surface area contributed by atoms with Crippen LogP contribution >= 0.6 is 0 Å². The quantitative estimate of drug-likeness (QED) is 0.560. The van der Waals surface area contributed by atoms with Crippen molar-refractivity contribution >= 4 is 10.9 Å². The molecular formula is C24H27ClO3S. The number of halogens is 1. The van der Waals surface area contributed by atoms with E-state index in [2.05, 4.69) is 0 Å². The lowest BCUT2D eigenvalue weighted by Crippen LogP contribution is -3.00. The van der Waals surface area contributed by atoms with Gasteiger partial charge in [0, 0.05) is 36.4 Å². The van der Waals surface area contributed by atoms with E-state index in [9.17, 15) is 15.3 Å². The first kappa shape index (κ1) is 23.0. The lowest BCUT2D eigenvalue weighted by atomic mass is 10.1. The Morgan fingerprint density at radius 3 is 0.793 bits per heavy atom. The van der Waals surface area contributed by atoms with Gasteiger partial charge in [-0.15, -0.1) is 0 Å². The topological polar surface area (TPSA) is 60.7 Å². The monoisotopic (exact) mass is 430 g/mol. The molecule has 3 aromatic rings. The fraction of sp³-hybridized carbons (Fsp3) is 0.250. The lowest BCUT2D eigenvalue weighted by Gasteiger charge is -2.14. The SMILES string of the molecule is Cc1cc([S+](c2cc(C)c(O)c(C)c2)c2cc(C)c(O)c(C)c2)cc(C)c1O.[Cl-]. The maximum Gasteiger partial charge on any atom is 0.167 e. The van der Waals surface area contributed by atoms with Crippen molar-refractivity contribution in [3.8, 4) is 17.2 Å². The zero-order valence-electron chi connectivity index (χ0n) is 17.6. The van der Waals surface area contributed by atoms with Gasteiger partial charge in [0.2, 0.25) is 0 Å². The van der Waals surface area contributed by atoms with Crippen LogP contribution in [0.1, 0.15) is 33.4 Å². The molecule has 0 radical (unpaired) electrons. The Labute approximate surface area is 181 Å². The van der Waals surface area contributed by atoms with Crippen LogP contribution in [0.15, 0.2) is 51.1 Å². The van der Waals surface area contributed by atoms with E-state index in [-0.39, 0.29) is 12.4 Å². The maximum absolute atomic E-state index is 10.2. The van der Waals surface area contributed by atoms with Crippen LogP contribution in [0, 0.1) is 41.5 Å². The van der Waals surface area contributed by atoms with Crippen molar-refractivity contribution in [3.63, 3.8) is 0 Å². The van der Waals surface area contributed by atoms with Gasteiger partial charge in [0.25, 0.3) is 0 Å². The molecule has 5 heteroatoms. The van der Waals surface area contributed by atoms with Crippen molar-refractivity contribution in [2.75, 3.05) is 0 Å². The van der Waals surface area contributed by atoms with Gasteiger partial charge in [0.15, 0.2) is 14.7 Å². The Balaban J connectivity index is 0.00000300. The molecule has 0 heterocycles. The van der Waals surface area contributed by atoms with Crippen molar-refractivity contribution in [1.82, 2.24) is 0 Å². The molecule has 0 fully saturated rings. The number of aryl methyl sites for hydroxylation is 6. The fourth-order valence-electron chi connectivity index (χ4n) is 3.51. The Hall–Kier alpha value is -2.30. The molecule has 0 atom stereocenters. The van der Waals surface area contributed by atoms with E-state index < -0.39 is 10.9 Å². The lowest BCUT2D eigenvalue weighted by molar-refractivity contribution is -0.00000874. The highest BCUT2D eigenvalue weighted by molar-refractivity contribution is 7.97. The van der Waals surface area contributed by atoms with E-state index in [0.29, 0.717) is 17.2 Å². The molecule has 29 heavy (non-hydrogen) atoms. The Bertz CT molecular complexity index is 870. The summed E-state index contributed by atoms with van der Waals surface area (Å²) in [6.45, 7) is 11.5. The van der Waals surface area contributed by atoms with Crippen LogP contribution in [-0.4, -0.2) is 15.3 Å². The average Bonchev–Trinajstić information content (AvgIpc) is 2.62. The van der Waals surface area contributed by atoms with E-state index in [1.807, 2.05) is 77.9 Å². The van der Waals surface area contributed by atoms with Crippen molar-refractivity contribution in [2.24, 2.45) is 0 Å². The summed E-state index contributed by atoms with van der Waals surface area (Å²) in [6.07, 6.45) is 0. The fourth-order valence-corrected chi connectivity index (χ4v) is 6.09. The molecule has 0 saturated carbocycles. The summed E-state index contributed by atoms with van der Waals surface area (Å²) in [5, 5.41) is 30.7. The summed E-state index contributed by atoms with van der Waals surface area (Å²) in [6, 6.07) is 12.2. The zero-order chi connectivity index (χ0) is 20.7. The van der Waals surface area contributed by atoms with E-state index >= 15 is 0 Å². The molecule has 154 valence electrons. The molecule has 0 aliphatic heterocycles. The maximum atomic E-state index is 10.2. The molecule has 0 bridgehead atoms. The smallest absolute Gasteiger partial charge is 0.167 e. The van der Waals surface area contributed by atoms with Crippen molar-refractivity contribution in [3.05, 3.63) is 69.8 Å². The van der Waals surface area contributed by atoms with Crippen LogP contribution in [0.4, 0.5) is 0 Å². The molecular weight excluding hydrogens is 404 g/mol. The molecule has 0 aromatic heterocycles. The molecule has 0 aliphatic carbocycles. The number of phenolic OH excluding ortho intramolecular Hbond substituents is 3. The minimum atomic E-state index is -0.434. The Morgan fingerprint density at radius 2 is 0.621 bits per heavy atom. The van der Waals surface area contributed by atoms with Crippen LogP contribution in [0.25, 0.3) is 0 Å². The molecule has 0 saturated heterocycles. The number of aromatic hydroxyl groups is 3. The first-order valence-corrected chi connectivity index (χ1v) is 10.5. The molecule has 0 aliphatic rings. The average molecular weight is 431 g/mol. The van der Waals surface area contributed by atoms with Crippen LogP contribution < -0.4 is 12.4 Å². The molecule has 0 unspecified atom stereocenters. The molecule has 3 rings (SSSR count). The second kappa shape index (κ2) is 8.60. The standard InChI is InChI=1S/C24H26O3S.ClH/c1-13-7-19(8-14(2)22(13)25)28(20-9-15(3)23(26)16(4)10-20)21-11-17(5)24(27)18(6)12-21;/h7-12H,1-6H3,(H2-,25,26,27);1H. The minimum absolute atomic E-state index is 0. The largest absolute Gasteiger partial charge is 1.00 e. The number of phenols is 3. The van der Waals surface area contributed by atoms with Crippen LogP contribution in [-0.2, 0) is 10.9 Å².